The summed E-state index contributed by atoms with van der Waals surface area (Å²) in [4.78, 5) is 11.7. The van der Waals surface area contributed by atoms with Gasteiger partial charge >= 0.3 is 0 Å². The highest BCUT2D eigenvalue weighted by Gasteiger charge is 2.21. The van der Waals surface area contributed by atoms with E-state index in [2.05, 4.69) is 10.0 Å². The van der Waals surface area contributed by atoms with E-state index >= 15 is 0 Å². The molecule has 1 aliphatic rings. The van der Waals surface area contributed by atoms with Crippen LogP contribution in [0.15, 0.2) is 41.3 Å². The fourth-order valence-electron chi connectivity index (χ4n) is 2.41. The minimum Gasteiger partial charge on any atom is -0.508 e. The molecule has 2 aromatic rings. The standard InChI is InChI=1S/C15H13FN2O4S/c16-10-5-11(7-12(19)6-10)18-23(21,22)13-2-1-9-3-4-17-15(20)14(9)8-13/h1-2,5-8,18-19H,3-4H2,(H,17,20). The molecule has 0 aliphatic carbocycles. The van der Waals surface area contributed by atoms with E-state index in [9.17, 15) is 22.7 Å². The molecular weight excluding hydrogens is 323 g/mol. The Balaban J connectivity index is 1.96. The number of phenols is 1. The molecule has 0 fully saturated rings. The number of carbonyl (C=O) groups is 1. The van der Waals surface area contributed by atoms with E-state index in [0.29, 0.717) is 18.5 Å². The molecule has 1 amide bonds. The van der Waals surface area contributed by atoms with E-state index in [4.69, 9.17) is 0 Å². The van der Waals surface area contributed by atoms with E-state index in [0.717, 1.165) is 23.8 Å². The Bertz CT molecular complexity index is 876. The first-order valence-corrected chi connectivity index (χ1v) is 8.27. The Labute approximate surface area is 132 Å². The van der Waals surface area contributed by atoms with Crippen molar-refractivity contribution in [2.24, 2.45) is 0 Å². The zero-order valence-corrected chi connectivity index (χ0v) is 12.7. The van der Waals surface area contributed by atoms with E-state index < -0.39 is 21.6 Å². The van der Waals surface area contributed by atoms with Gasteiger partial charge in [0.1, 0.15) is 11.6 Å². The molecule has 3 rings (SSSR count). The van der Waals surface area contributed by atoms with Gasteiger partial charge in [-0.25, -0.2) is 12.8 Å². The lowest BCUT2D eigenvalue weighted by atomic mass is 10.0. The summed E-state index contributed by atoms with van der Waals surface area (Å²) in [5, 5.41) is 12.0. The maximum absolute atomic E-state index is 13.2. The molecule has 8 heteroatoms. The molecule has 0 unspecified atom stereocenters. The van der Waals surface area contributed by atoms with E-state index in [-0.39, 0.29) is 16.5 Å². The number of aromatic hydroxyl groups is 1. The van der Waals surface area contributed by atoms with Gasteiger partial charge in [-0.2, -0.15) is 0 Å². The monoisotopic (exact) mass is 336 g/mol. The Hall–Kier alpha value is -2.61. The molecule has 0 spiro atoms. The topological polar surface area (TPSA) is 95.5 Å². The maximum Gasteiger partial charge on any atom is 0.261 e. The third-order valence-electron chi connectivity index (χ3n) is 3.45. The number of anilines is 1. The Morgan fingerprint density at radius 2 is 1.96 bits per heavy atom. The van der Waals surface area contributed by atoms with Crippen molar-refractivity contribution < 1.29 is 22.7 Å². The van der Waals surface area contributed by atoms with Crippen molar-refractivity contribution in [1.29, 1.82) is 0 Å². The predicted octanol–water partition coefficient (Wildman–Crippen LogP) is 1.62. The van der Waals surface area contributed by atoms with Gasteiger partial charge in [-0.15, -0.1) is 0 Å². The number of sulfonamides is 1. The third kappa shape index (κ3) is 3.11. The summed E-state index contributed by atoms with van der Waals surface area (Å²) in [6.07, 6.45) is 0.632. The van der Waals surface area contributed by atoms with Gasteiger partial charge in [0, 0.05) is 24.2 Å². The highest BCUT2D eigenvalue weighted by atomic mass is 32.2. The van der Waals surface area contributed by atoms with Gasteiger partial charge in [0.05, 0.1) is 10.6 Å². The Morgan fingerprint density at radius 1 is 1.17 bits per heavy atom. The molecule has 6 nitrogen and oxygen atoms in total. The second-order valence-electron chi connectivity index (χ2n) is 5.13. The summed E-state index contributed by atoms with van der Waals surface area (Å²) in [7, 11) is -4.01. The van der Waals surface area contributed by atoms with Gasteiger partial charge in [0.2, 0.25) is 0 Å². The molecule has 0 saturated carbocycles. The normalized spacial score (nSPS) is 14.0. The molecule has 1 aliphatic heterocycles. The zero-order chi connectivity index (χ0) is 16.6. The van der Waals surface area contributed by atoms with Gasteiger partial charge in [0.25, 0.3) is 15.9 Å². The SMILES string of the molecule is O=C1NCCc2ccc(S(=O)(=O)Nc3cc(O)cc(F)c3)cc21. The van der Waals surface area contributed by atoms with Crippen LogP contribution in [0.1, 0.15) is 15.9 Å². The van der Waals surface area contributed by atoms with Crippen LogP contribution in [0.4, 0.5) is 10.1 Å². The highest BCUT2D eigenvalue weighted by molar-refractivity contribution is 7.92. The van der Waals surface area contributed by atoms with Crippen LogP contribution in [-0.2, 0) is 16.4 Å². The minimum absolute atomic E-state index is 0.107. The van der Waals surface area contributed by atoms with E-state index in [1.165, 1.54) is 12.1 Å². The number of nitrogens with one attached hydrogen (secondary N) is 2. The van der Waals surface area contributed by atoms with Crippen molar-refractivity contribution in [2.75, 3.05) is 11.3 Å². The number of hydrogen-bond acceptors (Lipinski definition) is 4. The quantitative estimate of drug-likeness (QED) is 0.794. The number of carbonyl (C=O) groups excluding carboxylic acids is 1. The summed E-state index contributed by atoms with van der Waals surface area (Å²) in [5.74, 6) is -1.49. The van der Waals surface area contributed by atoms with E-state index in [1.54, 1.807) is 6.07 Å². The van der Waals surface area contributed by atoms with Crippen LogP contribution in [0.25, 0.3) is 0 Å². The smallest absolute Gasteiger partial charge is 0.261 e. The second-order valence-corrected chi connectivity index (χ2v) is 6.81. The van der Waals surface area contributed by atoms with Crippen LogP contribution in [-0.4, -0.2) is 26.0 Å². The molecule has 3 N–H and O–H groups in total. The fourth-order valence-corrected chi connectivity index (χ4v) is 3.47. The van der Waals surface area contributed by atoms with Crippen molar-refractivity contribution in [2.45, 2.75) is 11.3 Å². The molecule has 120 valence electrons. The maximum atomic E-state index is 13.2. The minimum atomic E-state index is -4.01. The van der Waals surface area contributed by atoms with Gasteiger partial charge in [-0.3, -0.25) is 9.52 Å². The molecule has 0 saturated heterocycles. The number of benzene rings is 2. The molecule has 0 radical (unpaired) electrons. The lowest BCUT2D eigenvalue weighted by molar-refractivity contribution is 0.0945. The Kier molecular flexibility index (Phi) is 3.69. The summed E-state index contributed by atoms with van der Waals surface area (Å²) in [6.45, 7) is 0.513. The number of amides is 1. The second kappa shape index (κ2) is 5.54. The van der Waals surface area contributed by atoms with E-state index in [1.807, 2.05) is 0 Å². The summed E-state index contributed by atoms with van der Waals surface area (Å²) < 4.78 is 40.2. The average Bonchev–Trinajstić information content (AvgIpc) is 2.45. The molecule has 0 aromatic heterocycles. The fraction of sp³-hybridized carbons (Fsp3) is 0.133. The first kappa shape index (κ1) is 15.3. The van der Waals surface area contributed by atoms with Crippen molar-refractivity contribution in [3.63, 3.8) is 0 Å². The number of phenolic OH excluding ortho intramolecular Hbond substituents is 1. The van der Waals surface area contributed by atoms with Gasteiger partial charge in [-0.1, -0.05) is 6.07 Å². The molecule has 23 heavy (non-hydrogen) atoms. The molecule has 0 bridgehead atoms. The first-order chi connectivity index (χ1) is 10.8. The van der Waals surface area contributed by atoms with Crippen molar-refractivity contribution >= 4 is 21.6 Å². The Morgan fingerprint density at radius 3 is 2.70 bits per heavy atom. The van der Waals surface area contributed by atoms with Crippen LogP contribution in [0, 0.1) is 5.82 Å². The molecule has 2 aromatic carbocycles. The first-order valence-electron chi connectivity index (χ1n) is 6.79. The van der Waals surface area contributed by atoms with Crippen LogP contribution in [0.5, 0.6) is 5.75 Å². The van der Waals surface area contributed by atoms with Crippen LogP contribution in [0.2, 0.25) is 0 Å². The highest BCUT2D eigenvalue weighted by Crippen LogP contribution is 2.24. The van der Waals surface area contributed by atoms with Gasteiger partial charge in [-0.05, 0) is 30.2 Å². The summed E-state index contributed by atoms with van der Waals surface area (Å²) in [5.41, 5.74) is 0.974. The van der Waals surface area contributed by atoms with Gasteiger partial charge < -0.3 is 10.4 Å². The van der Waals surface area contributed by atoms with Crippen LogP contribution < -0.4 is 10.0 Å². The van der Waals surface area contributed by atoms with Crippen molar-refractivity contribution in [3.8, 4) is 5.75 Å². The number of hydrogen-bond donors (Lipinski definition) is 3. The largest absolute Gasteiger partial charge is 0.508 e. The molecule has 0 atom stereocenters. The lowest BCUT2D eigenvalue weighted by Gasteiger charge is -2.17. The van der Waals surface area contributed by atoms with Crippen molar-refractivity contribution in [1.82, 2.24) is 5.32 Å². The number of fused-ring (bicyclic) bond motifs is 1. The lowest BCUT2D eigenvalue weighted by Crippen LogP contribution is -2.32. The number of halogens is 1. The predicted molar refractivity (Wildman–Crippen MR) is 81.4 cm³/mol. The average molecular weight is 336 g/mol. The zero-order valence-electron chi connectivity index (χ0n) is 11.8. The number of rotatable bonds is 3. The summed E-state index contributed by atoms with van der Waals surface area (Å²) in [6, 6.07) is 7.16. The van der Waals surface area contributed by atoms with Crippen LogP contribution in [0.3, 0.4) is 0 Å². The van der Waals surface area contributed by atoms with Gasteiger partial charge in [0.15, 0.2) is 0 Å². The van der Waals surface area contributed by atoms with Crippen molar-refractivity contribution in [3.05, 3.63) is 53.3 Å². The third-order valence-corrected chi connectivity index (χ3v) is 4.83. The molecular formula is C15H13FN2O4S. The van der Waals surface area contributed by atoms with Crippen LogP contribution >= 0.6 is 0 Å². The molecule has 1 heterocycles. The summed E-state index contributed by atoms with van der Waals surface area (Å²) >= 11 is 0.